The number of hydrogen-bond acceptors (Lipinski definition) is 2. The van der Waals surface area contributed by atoms with Crippen LogP contribution in [0.4, 0.5) is 13.2 Å². The summed E-state index contributed by atoms with van der Waals surface area (Å²) in [7, 11) is -1.88. The highest BCUT2D eigenvalue weighted by atomic mass is 127. The monoisotopic (exact) mass is 316 g/mol. The van der Waals surface area contributed by atoms with Crippen molar-refractivity contribution in [2.45, 2.75) is 6.18 Å². The Morgan fingerprint density at radius 1 is 1.14 bits per heavy atom. The van der Waals surface area contributed by atoms with E-state index in [1.54, 1.807) is 22.6 Å². The number of alkyl halides is 3. The van der Waals surface area contributed by atoms with Crippen molar-refractivity contribution in [1.82, 2.24) is 0 Å². The summed E-state index contributed by atoms with van der Waals surface area (Å²) in [6.07, 6.45) is -4.47. The maximum atomic E-state index is 12.2. The summed E-state index contributed by atoms with van der Waals surface area (Å²) in [6, 6.07) is 2.93. The van der Waals surface area contributed by atoms with Gasteiger partial charge in [-0.2, -0.15) is 13.2 Å². The molecule has 0 radical (unpaired) electrons. The zero-order valence-electron chi connectivity index (χ0n) is 6.72. The second kappa shape index (κ2) is 4.07. The molecule has 0 atom stereocenters. The Kier molecular flexibility index (Phi) is 3.43. The molecule has 14 heavy (non-hydrogen) atoms. The van der Waals surface area contributed by atoms with Crippen molar-refractivity contribution in [2.75, 3.05) is 0 Å². The molecule has 0 spiro atoms. The molecule has 0 saturated carbocycles. The largest absolute Gasteiger partial charge is 0.488 e. The molecule has 1 rings (SSSR count). The van der Waals surface area contributed by atoms with Crippen LogP contribution in [-0.2, 0) is 6.18 Å². The first-order valence-electron chi connectivity index (χ1n) is 3.54. The zero-order chi connectivity index (χ0) is 10.9. The lowest BCUT2D eigenvalue weighted by Gasteiger charge is -2.09. The molecule has 0 unspecified atom stereocenters. The van der Waals surface area contributed by atoms with E-state index in [9.17, 15) is 13.2 Å². The van der Waals surface area contributed by atoms with E-state index in [0.717, 1.165) is 6.07 Å². The van der Waals surface area contributed by atoms with Crippen LogP contribution in [0.2, 0.25) is 0 Å². The van der Waals surface area contributed by atoms with Gasteiger partial charge in [0.2, 0.25) is 0 Å². The molecule has 0 saturated heterocycles. The Bertz CT molecular complexity index is 340. The fourth-order valence-corrected chi connectivity index (χ4v) is 1.62. The summed E-state index contributed by atoms with van der Waals surface area (Å²) < 4.78 is 37.0. The van der Waals surface area contributed by atoms with Crippen LogP contribution in [0, 0.1) is 3.57 Å². The topological polar surface area (TPSA) is 40.5 Å². The first-order chi connectivity index (χ1) is 6.30. The number of halogens is 4. The minimum Gasteiger partial charge on any atom is -0.423 e. The second-order valence-corrected chi connectivity index (χ2v) is 3.89. The van der Waals surface area contributed by atoms with Crippen LogP contribution >= 0.6 is 22.6 Å². The average Bonchev–Trinajstić information content (AvgIpc) is 2.01. The summed E-state index contributed by atoms with van der Waals surface area (Å²) in [4.78, 5) is 0. The second-order valence-electron chi connectivity index (χ2n) is 2.64. The van der Waals surface area contributed by atoms with Crippen LogP contribution in [0.15, 0.2) is 18.2 Å². The van der Waals surface area contributed by atoms with Gasteiger partial charge in [-0.1, -0.05) is 6.07 Å². The van der Waals surface area contributed by atoms with Gasteiger partial charge in [0.05, 0.1) is 5.56 Å². The summed E-state index contributed by atoms with van der Waals surface area (Å²) in [5, 5.41) is 17.4. The lowest BCUT2D eigenvalue weighted by Crippen LogP contribution is -2.31. The predicted molar refractivity (Wildman–Crippen MR) is 54.0 cm³/mol. The third kappa shape index (κ3) is 2.86. The molecule has 76 valence electrons. The molecular formula is C7H5BF3IO2. The highest BCUT2D eigenvalue weighted by molar-refractivity contribution is 14.1. The van der Waals surface area contributed by atoms with Gasteiger partial charge in [-0.3, -0.25) is 0 Å². The average molecular weight is 316 g/mol. The van der Waals surface area contributed by atoms with Gasteiger partial charge >= 0.3 is 13.3 Å². The van der Waals surface area contributed by atoms with Crippen LogP contribution in [0.3, 0.4) is 0 Å². The van der Waals surface area contributed by atoms with Gasteiger partial charge in [0.15, 0.2) is 0 Å². The third-order valence-corrected chi connectivity index (χ3v) is 2.17. The Balaban J connectivity index is 3.21. The molecule has 0 amide bonds. The van der Waals surface area contributed by atoms with Crippen LogP contribution < -0.4 is 5.46 Å². The third-order valence-electron chi connectivity index (χ3n) is 1.55. The number of hydrogen-bond donors (Lipinski definition) is 2. The van der Waals surface area contributed by atoms with Crippen molar-refractivity contribution >= 4 is 35.2 Å². The van der Waals surface area contributed by atoms with Gasteiger partial charge in [-0.05, 0) is 40.2 Å². The minimum absolute atomic E-state index is 0.163. The van der Waals surface area contributed by atoms with E-state index in [1.807, 2.05) is 0 Å². The Morgan fingerprint density at radius 3 is 2.14 bits per heavy atom. The van der Waals surface area contributed by atoms with Crippen LogP contribution in [-0.4, -0.2) is 17.2 Å². The van der Waals surface area contributed by atoms with Gasteiger partial charge < -0.3 is 10.0 Å². The minimum atomic E-state index is -4.47. The normalized spacial score (nSPS) is 11.6. The molecule has 2 N–H and O–H groups in total. The van der Waals surface area contributed by atoms with Crippen LogP contribution in [0.5, 0.6) is 0 Å². The van der Waals surface area contributed by atoms with Crippen LogP contribution in [0.1, 0.15) is 5.56 Å². The van der Waals surface area contributed by atoms with E-state index in [0.29, 0.717) is 9.64 Å². The molecule has 0 aromatic heterocycles. The summed E-state index contributed by atoms with van der Waals surface area (Å²) >= 11 is 1.68. The standard InChI is InChI=1S/C7H5BF3IO2/c9-7(10,11)4-1-5(8(13)14)3-6(12)2-4/h1-3,13-14H. The first-order valence-corrected chi connectivity index (χ1v) is 4.62. The molecule has 0 aliphatic carbocycles. The highest BCUT2D eigenvalue weighted by Crippen LogP contribution is 2.29. The van der Waals surface area contributed by atoms with E-state index in [2.05, 4.69) is 0 Å². The first kappa shape index (κ1) is 11.8. The van der Waals surface area contributed by atoms with Crippen molar-refractivity contribution in [3.8, 4) is 0 Å². The summed E-state index contributed by atoms with van der Waals surface area (Å²) in [5.74, 6) is 0. The van der Waals surface area contributed by atoms with Gasteiger partial charge in [-0.15, -0.1) is 0 Å². The Hall–Kier alpha value is -0.275. The molecule has 7 heteroatoms. The van der Waals surface area contributed by atoms with Crippen molar-refractivity contribution < 1.29 is 23.2 Å². The quantitative estimate of drug-likeness (QED) is 0.599. The smallest absolute Gasteiger partial charge is 0.423 e. The molecule has 0 bridgehead atoms. The molecule has 0 heterocycles. The Labute approximate surface area is 92.0 Å². The van der Waals surface area contributed by atoms with Gasteiger partial charge in [0.25, 0.3) is 0 Å². The van der Waals surface area contributed by atoms with Gasteiger partial charge in [0, 0.05) is 3.57 Å². The molecule has 0 fully saturated rings. The molecule has 2 nitrogen and oxygen atoms in total. The van der Waals surface area contributed by atoms with Crippen molar-refractivity contribution in [3.63, 3.8) is 0 Å². The summed E-state index contributed by atoms with van der Waals surface area (Å²) in [5.41, 5.74) is -1.04. The van der Waals surface area contributed by atoms with Crippen LogP contribution in [0.25, 0.3) is 0 Å². The molecule has 1 aromatic rings. The van der Waals surface area contributed by atoms with Gasteiger partial charge in [0.1, 0.15) is 0 Å². The maximum Gasteiger partial charge on any atom is 0.488 e. The molecule has 0 aliphatic heterocycles. The molecule has 1 aromatic carbocycles. The van der Waals surface area contributed by atoms with E-state index < -0.39 is 18.9 Å². The van der Waals surface area contributed by atoms with E-state index in [4.69, 9.17) is 10.0 Å². The molecular weight excluding hydrogens is 311 g/mol. The fourth-order valence-electron chi connectivity index (χ4n) is 0.925. The molecule has 0 aliphatic rings. The SMILES string of the molecule is OB(O)c1cc(I)cc(C(F)(F)F)c1. The zero-order valence-corrected chi connectivity index (χ0v) is 8.87. The van der Waals surface area contributed by atoms with E-state index >= 15 is 0 Å². The maximum absolute atomic E-state index is 12.2. The number of benzene rings is 1. The number of rotatable bonds is 1. The highest BCUT2D eigenvalue weighted by Gasteiger charge is 2.31. The fraction of sp³-hybridized carbons (Fsp3) is 0.143. The van der Waals surface area contributed by atoms with Crippen molar-refractivity contribution in [3.05, 3.63) is 27.3 Å². The van der Waals surface area contributed by atoms with E-state index in [1.165, 1.54) is 6.07 Å². The predicted octanol–water partition coefficient (Wildman–Crippen LogP) is 0.990. The lowest BCUT2D eigenvalue weighted by molar-refractivity contribution is -0.137. The Morgan fingerprint density at radius 2 is 1.71 bits per heavy atom. The summed E-state index contributed by atoms with van der Waals surface area (Å²) in [6.45, 7) is 0. The van der Waals surface area contributed by atoms with Crippen molar-refractivity contribution in [2.24, 2.45) is 0 Å². The lowest BCUT2D eigenvalue weighted by atomic mass is 9.79. The van der Waals surface area contributed by atoms with Crippen molar-refractivity contribution in [1.29, 1.82) is 0 Å². The van der Waals surface area contributed by atoms with Gasteiger partial charge in [-0.25, -0.2) is 0 Å². The van der Waals surface area contributed by atoms with E-state index in [-0.39, 0.29) is 5.46 Å².